The summed E-state index contributed by atoms with van der Waals surface area (Å²) < 4.78 is 10.8. The van der Waals surface area contributed by atoms with Crippen LogP contribution in [0.5, 0.6) is 11.5 Å². The largest absolute Gasteiger partial charge is 0.454 e. The van der Waals surface area contributed by atoms with Crippen LogP contribution in [0.1, 0.15) is 18.9 Å². The van der Waals surface area contributed by atoms with Crippen molar-refractivity contribution in [1.29, 1.82) is 0 Å². The Labute approximate surface area is 111 Å². The maximum atomic E-state index is 5.42. The second-order valence-electron chi connectivity index (χ2n) is 5.89. The van der Waals surface area contributed by atoms with Gasteiger partial charge in [-0.15, -0.1) is 0 Å². The fourth-order valence-corrected chi connectivity index (χ4v) is 3.79. The van der Waals surface area contributed by atoms with Crippen molar-refractivity contribution in [2.45, 2.75) is 45.4 Å². The van der Waals surface area contributed by atoms with E-state index in [9.17, 15) is 0 Å². The van der Waals surface area contributed by atoms with Gasteiger partial charge in [-0.2, -0.15) is 0 Å². The highest BCUT2D eigenvalue weighted by atomic mass is 28.3. The third-order valence-electron chi connectivity index (χ3n) is 3.05. The first-order valence-corrected chi connectivity index (χ1v) is 10.1. The van der Waals surface area contributed by atoms with Gasteiger partial charge in [-0.25, -0.2) is 0 Å². The van der Waals surface area contributed by atoms with Crippen LogP contribution >= 0.6 is 0 Å². The van der Waals surface area contributed by atoms with Crippen LogP contribution in [0.4, 0.5) is 0 Å². The van der Waals surface area contributed by atoms with E-state index in [1.165, 1.54) is 5.56 Å². The summed E-state index contributed by atoms with van der Waals surface area (Å²) in [6.45, 7) is 9.62. The molecule has 0 saturated carbocycles. The Hall–Kier alpha value is -1.00. The van der Waals surface area contributed by atoms with Gasteiger partial charge >= 0.3 is 0 Å². The Kier molecular flexibility index (Phi) is 3.97. The molecule has 1 heterocycles. The van der Waals surface area contributed by atoms with E-state index in [1.54, 1.807) is 0 Å². The third-order valence-corrected chi connectivity index (χ3v) is 4.32. The highest BCUT2D eigenvalue weighted by molar-refractivity contribution is 6.73. The number of nitrogens with one attached hydrogen (secondary N) is 1. The molecular formula is C14H23NO2Si. The molecule has 18 heavy (non-hydrogen) atoms. The molecule has 2 rings (SSSR count). The molecule has 1 aromatic carbocycles. The SMILES string of the molecule is CCC(Cc1ccc2c(c1)OCO2)N[Si](C)(C)C. The molecule has 1 aromatic rings. The molecule has 1 aliphatic heterocycles. The first kappa shape index (κ1) is 13.4. The van der Waals surface area contributed by atoms with Gasteiger partial charge in [0.05, 0.1) is 0 Å². The number of rotatable bonds is 5. The zero-order valence-electron chi connectivity index (χ0n) is 11.7. The summed E-state index contributed by atoms with van der Waals surface area (Å²) in [5, 5.41) is 0. The van der Waals surface area contributed by atoms with Crippen LogP contribution in [-0.4, -0.2) is 21.1 Å². The second-order valence-corrected chi connectivity index (χ2v) is 10.7. The first-order valence-electron chi connectivity index (χ1n) is 6.64. The van der Waals surface area contributed by atoms with E-state index in [-0.39, 0.29) is 0 Å². The summed E-state index contributed by atoms with van der Waals surface area (Å²) in [6.07, 6.45) is 2.20. The van der Waals surface area contributed by atoms with Crippen molar-refractivity contribution in [3.8, 4) is 11.5 Å². The van der Waals surface area contributed by atoms with Gasteiger partial charge in [0.2, 0.25) is 6.79 Å². The highest BCUT2D eigenvalue weighted by Crippen LogP contribution is 2.32. The second kappa shape index (κ2) is 5.32. The average molecular weight is 265 g/mol. The number of fused-ring (bicyclic) bond motifs is 1. The molecule has 0 amide bonds. The smallest absolute Gasteiger partial charge is 0.231 e. The molecule has 0 spiro atoms. The zero-order valence-corrected chi connectivity index (χ0v) is 12.7. The minimum Gasteiger partial charge on any atom is -0.454 e. The zero-order chi connectivity index (χ0) is 13.2. The molecule has 0 fully saturated rings. The van der Waals surface area contributed by atoms with Crippen molar-refractivity contribution in [2.75, 3.05) is 6.79 Å². The molecule has 0 radical (unpaired) electrons. The highest BCUT2D eigenvalue weighted by Gasteiger charge is 2.19. The van der Waals surface area contributed by atoms with Crippen LogP contribution in [0.25, 0.3) is 0 Å². The minimum absolute atomic E-state index is 0.350. The molecule has 3 nitrogen and oxygen atoms in total. The lowest BCUT2D eigenvalue weighted by Crippen LogP contribution is -2.48. The predicted molar refractivity (Wildman–Crippen MR) is 76.8 cm³/mol. The lowest BCUT2D eigenvalue weighted by atomic mass is 10.0. The molecule has 1 atom stereocenters. The maximum Gasteiger partial charge on any atom is 0.231 e. The van der Waals surface area contributed by atoms with Gasteiger partial charge in [-0.05, 0) is 30.5 Å². The van der Waals surface area contributed by atoms with Crippen molar-refractivity contribution < 1.29 is 9.47 Å². The molecule has 0 aliphatic carbocycles. The summed E-state index contributed by atoms with van der Waals surface area (Å²) in [7, 11) is -1.22. The van der Waals surface area contributed by atoms with Crippen LogP contribution in [0.3, 0.4) is 0 Å². The van der Waals surface area contributed by atoms with Crippen LogP contribution in [0, 0.1) is 0 Å². The van der Waals surface area contributed by atoms with Crippen molar-refractivity contribution in [1.82, 2.24) is 4.98 Å². The number of hydrogen-bond donors (Lipinski definition) is 1. The van der Waals surface area contributed by atoms with E-state index in [0.29, 0.717) is 12.8 Å². The average Bonchev–Trinajstić information content (AvgIpc) is 2.73. The molecule has 4 heteroatoms. The van der Waals surface area contributed by atoms with Gasteiger partial charge < -0.3 is 14.5 Å². The van der Waals surface area contributed by atoms with Crippen molar-refractivity contribution >= 4 is 8.24 Å². The molecule has 1 N–H and O–H groups in total. The Bertz CT molecular complexity index is 415. The minimum atomic E-state index is -1.22. The maximum absolute atomic E-state index is 5.42. The fourth-order valence-electron chi connectivity index (χ4n) is 2.26. The normalized spacial score (nSPS) is 15.8. The van der Waals surface area contributed by atoms with Crippen LogP contribution < -0.4 is 14.5 Å². The van der Waals surface area contributed by atoms with Gasteiger partial charge in [-0.1, -0.05) is 32.6 Å². The summed E-state index contributed by atoms with van der Waals surface area (Å²) in [5.74, 6) is 1.75. The topological polar surface area (TPSA) is 30.5 Å². The van der Waals surface area contributed by atoms with Crippen molar-refractivity contribution in [3.05, 3.63) is 23.8 Å². The van der Waals surface area contributed by atoms with Crippen LogP contribution in [-0.2, 0) is 6.42 Å². The Morgan fingerprint density at radius 3 is 2.61 bits per heavy atom. The Morgan fingerprint density at radius 1 is 1.22 bits per heavy atom. The van der Waals surface area contributed by atoms with Crippen LogP contribution in [0.2, 0.25) is 19.6 Å². The summed E-state index contributed by atoms with van der Waals surface area (Å²) in [5.41, 5.74) is 1.32. The van der Waals surface area contributed by atoms with Gasteiger partial charge in [0.15, 0.2) is 11.5 Å². The lowest BCUT2D eigenvalue weighted by molar-refractivity contribution is 0.174. The molecule has 0 bridgehead atoms. The first-order chi connectivity index (χ1) is 8.48. The lowest BCUT2D eigenvalue weighted by Gasteiger charge is -2.26. The van der Waals surface area contributed by atoms with Gasteiger partial charge in [-0.3, -0.25) is 0 Å². The van der Waals surface area contributed by atoms with Crippen LogP contribution in [0.15, 0.2) is 18.2 Å². The molecule has 1 aliphatic rings. The van der Waals surface area contributed by atoms with E-state index in [4.69, 9.17) is 9.47 Å². The Balaban J connectivity index is 2.03. The number of benzene rings is 1. The van der Waals surface area contributed by atoms with E-state index in [1.807, 2.05) is 6.07 Å². The van der Waals surface area contributed by atoms with Crippen molar-refractivity contribution in [2.24, 2.45) is 0 Å². The quantitative estimate of drug-likeness (QED) is 0.830. The van der Waals surface area contributed by atoms with Crippen molar-refractivity contribution in [3.63, 3.8) is 0 Å². The summed E-state index contributed by atoms with van der Waals surface area (Å²) in [6, 6.07) is 6.81. The van der Waals surface area contributed by atoms with Gasteiger partial charge in [0.1, 0.15) is 8.24 Å². The third kappa shape index (κ3) is 3.49. The molecular weight excluding hydrogens is 242 g/mol. The summed E-state index contributed by atoms with van der Waals surface area (Å²) >= 11 is 0. The van der Waals surface area contributed by atoms with Gasteiger partial charge in [0.25, 0.3) is 0 Å². The molecule has 0 saturated heterocycles. The molecule has 100 valence electrons. The number of hydrogen-bond acceptors (Lipinski definition) is 3. The Morgan fingerprint density at radius 2 is 1.94 bits per heavy atom. The van der Waals surface area contributed by atoms with E-state index < -0.39 is 8.24 Å². The van der Waals surface area contributed by atoms with E-state index >= 15 is 0 Å². The van der Waals surface area contributed by atoms with Gasteiger partial charge in [0, 0.05) is 6.04 Å². The molecule has 0 aromatic heterocycles. The summed E-state index contributed by atoms with van der Waals surface area (Å²) in [4.78, 5) is 3.79. The number of ether oxygens (including phenoxy) is 2. The van der Waals surface area contributed by atoms with E-state index in [2.05, 4.69) is 43.7 Å². The van der Waals surface area contributed by atoms with E-state index in [0.717, 1.165) is 24.3 Å². The standard InChI is InChI=1S/C14H23NO2Si/c1-5-12(15-18(2,3)4)8-11-6-7-13-14(9-11)17-10-16-13/h6-7,9,12,15H,5,8,10H2,1-4H3. The fraction of sp³-hybridized carbons (Fsp3) is 0.571. The molecule has 1 unspecified atom stereocenters. The monoisotopic (exact) mass is 265 g/mol. The predicted octanol–water partition coefficient (Wildman–Crippen LogP) is 3.16.